The second-order valence-corrected chi connectivity index (χ2v) is 10.5. The lowest BCUT2D eigenvalue weighted by Crippen LogP contribution is -2.62. The van der Waals surface area contributed by atoms with Crippen LogP contribution in [-0.2, 0) is 14.3 Å². The number of amides is 3. The summed E-state index contributed by atoms with van der Waals surface area (Å²) in [6.45, 7) is -0.367. The summed E-state index contributed by atoms with van der Waals surface area (Å²) >= 11 is 0. The maximum Gasteiger partial charge on any atom is 0.321 e. The number of rotatable bonds is 5. The number of imide groups is 1. The van der Waals surface area contributed by atoms with Gasteiger partial charge in [-0.05, 0) is 93.3 Å². The van der Waals surface area contributed by atoms with Crippen LogP contribution in [0, 0.1) is 35.5 Å². The van der Waals surface area contributed by atoms with Crippen molar-refractivity contribution < 1.29 is 19.1 Å². The van der Waals surface area contributed by atoms with Gasteiger partial charge in [0.1, 0.15) is 0 Å². The SMILES string of the molecule is O=C(COC(=O)C[C@H]1C[C@H]2CC[C@@H]1C2)NC(=O)NC12CC3CC(CC(C3)C1)C2. The van der Waals surface area contributed by atoms with Crippen LogP contribution in [0.3, 0.4) is 0 Å². The molecule has 6 saturated carbocycles. The number of ether oxygens (including phenoxy) is 1. The van der Waals surface area contributed by atoms with Gasteiger partial charge in [0.15, 0.2) is 6.61 Å². The van der Waals surface area contributed by atoms with E-state index in [2.05, 4.69) is 10.6 Å². The molecule has 0 aromatic carbocycles. The Bertz CT molecular complexity index is 640. The Balaban J connectivity index is 1.05. The fourth-order valence-electron chi connectivity index (χ4n) is 7.74. The molecule has 6 bridgehead atoms. The van der Waals surface area contributed by atoms with Gasteiger partial charge >= 0.3 is 12.0 Å². The van der Waals surface area contributed by atoms with E-state index in [-0.39, 0.29) is 18.1 Å². The Morgan fingerprint density at radius 1 is 0.857 bits per heavy atom. The van der Waals surface area contributed by atoms with Gasteiger partial charge in [-0.2, -0.15) is 0 Å². The van der Waals surface area contributed by atoms with Crippen LogP contribution in [0.2, 0.25) is 0 Å². The summed E-state index contributed by atoms with van der Waals surface area (Å²) < 4.78 is 5.14. The second kappa shape index (κ2) is 7.03. The van der Waals surface area contributed by atoms with E-state index in [9.17, 15) is 14.4 Å². The third-order valence-corrected chi connectivity index (χ3v) is 8.35. The van der Waals surface area contributed by atoms with Gasteiger partial charge in [0.2, 0.25) is 0 Å². The molecule has 6 heteroatoms. The average Bonchev–Trinajstić information content (AvgIpc) is 3.21. The molecule has 0 radical (unpaired) electrons. The van der Waals surface area contributed by atoms with Gasteiger partial charge in [0.05, 0.1) is 0 Å². The Labute approximate surface area is 166 Å². The number of hydrogen-bond donors (Lipinski definition) is 2. The van der Waals surface area contributed by atoms with Gasteiger partial charge in [0.25, 0.3) is 5.91 Å². The summed E-state index contributed by atoms with van der Waals surface area (Å²) in [5.41, 5.74) is -0.127. The summed E-state index contributed by atoms with van der Waals surface area (Å²) in [6, 6.07) is -0.434. The topological polar surface area (TPSA) is 84.5 Å². The Morgan fingerprint density at radius 2 is 1.54 bits per heavy atom. The molecule has 0 aromatic rings. The van der Waals surface area contributed by atoms with Crippen LogP contribution in [-0.4, -0.2) is 30.1 Å². The van der Waals surface area contributed by atoms with E-state index in [0.717, 1.165) is 49.4 Å². The monoisotopic (exact) mass is 388 g/mol. The highest BCUT2D eigenvalue weighted by Gasteiger charge is 2.51. The van der Waals surface area contributed by atoms with Gasteiger partial charge < -0.3 is 10.1 Å². The molecule has 0 spiro atoms. The second-order valence-electron chi connectivity index (χ2n) is 10.5. The fraction of sp³-hybridized carbons (Fsp3) is 0.864. The zero-order valence-electron chi connectivity index (χ0n) is 16.6. The standard InChI is InChI=1S/C22H32N2O4/c25-19(12-28-20(26)8-18-7-13-1-2-17(18)6-13)23-21(27)24-22-9-14-3-15(10-22)5-16(4-14)11-22/h13-18H,1-12H2,(H2,23,24,25,27)/t13-,14?,15?,16?,17+,18+,22?/m0/s1. The molecule has 0 aliphatic heterocycles. The summed E-state index contributed by atoms with van der Waals surface area (Å²) in [5.74, 6) is 3.22. The van der Waals surface area contributed by atoms with Crippen molar-refractivity contribution in [3.8, 4) is 0 Å². The van der Waals surface area contributed by atoms with Gasteiger partial charge in [-0.3, -0.25) is 14.9 Å². The highest BCUT2D eigenvalue weighted by Crippen LogP contribution is 2.55. The fourth-order valence-corrected chi connectivity index (χ4v) is 7.74. The van der Waals surface area contributed by atoms with Gasteiger partial charge in [-0.1, -0.05) is 6.42 Å². The first kappa shape index (κ1) is 18.4. The molecule has 6 aliphatic rings. The molecule has 0 saturated heterocycles. The van der Waals surface area contributed by atoms with Crippen molar-refractivity contribution in [1.29, 1.82) is 0 Å². The highest BCUT2D eigenvalue weighted by molar-refractivity contribution is 5.95. The van der Waals surface area contributed by atoms with Crippen molar-refractivity contribution in [2.24, 2.45) is 35.5 Å². The molecule has 3 atom stereocenters. The van der Waals surface area contributed by atoms with Crippen LogP contribution in [0.25, 0.3) is 0 Å². The first-order valence-corrected chi connectivity index (χ1v) is 11.2. The summed E-state index contributed by atoms with van der Waals surface area (Å²) in [6.07, 6.45) is 12.4. The molecule has 6 aliphatic carbocycles. The number of fused-ring (bicyclic) bond motifs is 2. The van der Waals surface area contributed by atoms with Crippen LogP contribution in [0.5, 0.6) is 0 Å². The van der Waals surface area contributed by atoms with Crippen molar-refractivity contribution in [3.05, 3.63) is 0 Å². The molecule has 0 unspecified atom stereocenters. The number of carbonyl (C=O) groups is 3. The Morgan fingerprint density at radius 3 is 2.11 bits per heavy atom. The molecule has 0 aromatic heterocycles. The molecule has 3 amide bonds. The molecule has 2 N–H and O–H groups in total. The van der Waals surface area contributed by atoms with Crippen molar-refractivity contribution in [2.45, 2.75) is 76.2 Å². The number of carbonyl (C=O) groups excluding carboxylic acids is 3. The van der Waals surface area contributed by atoms with E-state index in [0.29, 0.717) is 18.3 Å². The van der Waals surface area contributed by atoms with E-state index >= 15 is 0 Å². The highest BCUT2D eigenvalue weighted by atomic mass is 16.5. The van der Waals surface area contributed by atoms with Crippen molar-refractivity contribution in [3.63, 3.8) is 0 Å². The predicted molar refractivity (Wildman–Crippen MR) is 102 cm³/mol. The minimum absolute atomic E-state index is 0.127. The maximum absolute atomic E-state index is 12.4. The Kier molecular flexibility index (Phi) is 4.63. The first-order valence-electron chi connectivity index (χ1n) is 11.2. The van der Waals surface area contributed by atoms with Crippen LogP contribution >= 0.6 is 0 Å². The molecular weight excluding hydrogens is 356 g/mol. The molecule has 6 nitrogen and oxygen atoms in total. The summed E-state index contributed by atoms with van der Waals surface area (Å²) in [5, 5.41) is 5.47. The zero-order valence-corrected chi connectivity index (χ0v) is 16.6. The number of nitrogens with one attached hydrogen (secondary N) is 2. The lowest BCUT2D eigenvalue weighted by Gasteiger charge is -2.56. The predicted octanol–water partition coefficient (Wildman–Crippen LogP) is 3.15. The summed E-state index contributed by atoms with van der Waals surface area (Å²) in [4.78, 5) is 36.5. The molecular formula is C22H32N2O4. The molecule has 154 valence electrons. The smallest absolute Gasteiger partial charge is 0.321 e. The van der Waals surface area contributed by atoms with Gasteiger partial charge in [-0.15, -0.1) is 0 Å². The number of urea groups is 1. The van der Waals surface area contributed by atoms with Crippen LogP contribution in [0.1, 0.15) is 70.6 Å². The van der Waals surface area contributed by atoms with E-state index < -0.39 is 11.9 Å². The summed E-state index contributed by atoms with van der Waals surface area (Å²) in [7, 11) is 0. The molecule has 28 heavy (non-hydrogen) atoms. The van der Waals surface area contributed by atoms with Crippen LogP contribution < -0.4 is 10.6 Å². The average molecular weight is 389 g/mol. The minimum atomic E-state index is -0.538. The third-order valence-electron chi connectivity index (χ3n) is 8.35. The molecule has 6 rings (SSSR count). The quantitative estimate of drug-likeness (QED) is 0.709. The number of hydrogen-bond acceptors (Lipinski definition) is 4. The first-order chi connectivity index (χ1) is 13.5. The largest absolute Gasteiger partial charge is 0.456 e. The zero-order chi connectivity index (χ0) is 19.3. The minimum Gasteiger partial charge on any atom is -0.456 e. The molecule has 6 fully saturated rings. The van der Waals surface area contributed by atoms with E-state index in [1.165, 1.54) is 38.5 Å². The lowest BCUT2D eigenvalue weighted by molar-refractivity contribution is -0.149. The van der Waals surface area contributed by atoms with E-state index in [1.54, 1.807) is 0 Å². The Hall–Kier alpha value is -1.59. The van der Waals surface area contributed by atoms with Crippen molar-refractivity contribution in [2.75, 3.05) is 6.61 Å². The van der Waals surface area contributed by atoms with Crippen molar-refractivity contribution in [1.82, 2.24) is 10.6 Å². The lowest BCUT2D eigenvalue weighted by atomic mass is 9.53. The van der Waals surface area contributed by atoms with Gasteiger partial charge in [-0.25, -0.2) is 4.79 Å². The van der Waals surface area contributed by atoms with Crippen LogP contribution in [0.4, 0.5) is 4.79 Å². The number of esters is 1. The normalized spacial score (nSPS) is 42.4. The molecule has 0 heterocycles. The van der Waals surface area contributed by atoms with Crippen molar-refractivity contribution >= 4 is 17.9 Å². The third kappa shape index (κ3) is 3.67. The van der Waals surface area contributed by atoms with Crippen LogP contribution in [0.15, 0.2) is 0 Å². The van der Waals surface area contributed by atoms with Gasteiger partial charge in [0, 0.05) is 12.0 Å². The van der Waals surface area contributed by atoms with E-state index in [4.69, 9.17) is 4.74 Å². The maximum atomic E-state index is 12.4. The van der Waals surface area contributed by atoms with E-state index in [1.807, 2.05) is 0 Å².